The van der Waals surface area contributed by atoms with Gasteiger partial charge in [0.05, 0.1) is 5.41 Å². The fourth-order valence-electron chi connectivity index (χ4n) is 4.45. The molecule has 26 heavy (non-hydrogen) atoms. The molecule has 4 aromatic carbocycles. The van der Waals surface area contributed by atoms with Crippen molar-refractivity contribution in [2.45, 2.75) is 5.41 Å². The summed E-state index contributed by atoms with van der Waals surface area (Å²) in [5.41, 5.74) is 7.04. The minimum atomic E-state index is -0.396. The van der Waals surface area contributed by atoms with Gasteiger partial charge in [-0.1, -0.05) is 109 Å². The summed E-state index contributed by atoms with van der Waals surface area (Å²) >= 11 is 6.84. The van der Waals surface area contributed by atoms with Crippen LogP contribution in [-0.2, 0) is 5.41 Å². The molecule has 0 aliphatic heterocycles. The Kier molecular flexibility index (Phi) is 3.48. The Labute approximate surface area is 158 Å². The van der Waals surface area contributed by atoms with E-state index in [1.165, 1.54) is 33.4 Å². The van der Waals surface area contributed by atoms with E-state index in [0.717, 1.165) is 5.02 Å². The number of hydrogen-bond acceptors (Lipinski definition) is 0. The van der Waals surface area contributed by atoms with Crippen LogP contribution in [-0.4, -0.2) is 0 Å². The normalized spacial score (nSPS) is 13.9. The highest BCUT2D eigenvalue weighted by atomic mass is 35.5. The Morgan fingerprint density at radius 3 is 1.69 bits per heavy atom. The lowest BCUT2D eigenvalue weighted by Crippen LogP contribution is -2.28. The van der Waals surface area contributed by atoms with Gasteiger partial charge in [-0.25, -0.2) is 0 Å². The molecule has 0 N–H and O–H groups in total. The lowest BCUT2D eigenvalue weighted by atomic mass is 9.68. The number of rotatable bonds is 2. The smallest absolute Gasteiger partial charge is 0.0728 e. The fourth-order valence-corrected chi connectivity index (χ4v) is 4.77. The van der Waals surface area contributed by atoms with E-state index in [1.807, 2.05) is 12.1 Å². The van der Waals surface area contributed by atoms with Crippen molar-refractivity contribution >= 4 is 11.6 Å². The van der Waals surface area contributed by atoms with Gasteiger partial charge in [-0.2, -0.15) is 0 Å². The monoisotopic (exact) mass is 352 g/mol. The Hall–Kier alpha value is -2.83. The van der Waals surface area contributed by atoms with Crippen molar-refractivity contribution in [2.24, 2.45) is 0 Å². The van der Waals surface area contributed by atoms with E-state index in [1.54, 1.807) is 0 Å². The SMILES string of the molecule is Clc1cccc2c1C(c1ccccc1)(c1ccccc1)c1ccccc1-2. The van der Waals surface area contributed by atoms with Gasteiger partial charge >= 0.3 is 0 Å². The Morgan fingerprint density at radius 1 is 0.500 bits per heavy atom. The quantitative estimate of drug-likeness (QED) is 0.331. The maximum Gasteiger partial charge on any atom is 0.0728 e. The summed E-state index contributed by atoms with van der Waals surface area (Å²) in [6, 6.07) is 36.3. The molecule has 0 unspecified atom stereocenters. The first-order chi connectivity index (χ1) is 12.8. The third-order valence-electron chi connectivity index (χ3n) is 5.42. The zero-order chi connectivity index (χ0) is 17.6. The maximum atomic E-state index is 6.84. The first-order valence-electron chi connectivity index (χ1n) is 8.83. The maximum absolute atomic E-state index is 6.84. The lowest BCUT2D eigenvalue weighted by Gasteiger charge is -2.34. The van der Waals surface area contributed by atoms with Crippen molar-refractivity contribution < 1.29 is 0 Å². The van der Waals surface area contributed by atoms with Gasteiger partial charge in [0, 0.05) is 5.02 Å². The van der Waals surface area contributed by atoms with Crippen molar-refractivity contribution in [3.63, 3.8) is 0 Å². The number of fused-ring (bicyclic) bond motifs is 3. The van der Waals surface area contributed by atoms with E-state index >= 15 is 0 Å². The van der Waals surface area contributed by atoms with Crippen LogP contribution in [0.25, 0.3) is 11.1 Å². The Bertz CT molecular complexity index is 1040. The third kappa shape index (κ3) is 1.97. The van der Waals surface area contributed by atoms with Crippen molar-refractivity contribution in [3.8, 4) is 11.1 Å². The molecule has 0 nitrogen and oxygen atoms in total. The van der Waals surface area contributed by atoms with Crippen LogP contribution in [0.4, 0.5) is 0 Å². The molecule has 0 saturated carbocycles. The van der Waals surface area contributed by atoms with E-state index in [-0.39, 0.29) is 0 Å². The number of hydrogen-bond donors (Lipinski definition) is 0. The van der Waals surface area contributed by atoms with Crippen LogP contribution in [0.3, 0.4) is 0 Å². The molecule has 0 atom stereocenters. The molecule has 0 bridgehead atoms. The third-order valence-corrected chi connectivity index (χ3v) is 5.74. The van der Waals surface area contributed by atoms with Crippen molar-refractivity contribution in [1.82, 2.24) is 0 Å². The molecule has 0 heterocycles. The second-order valence-corrected chi connectivity index (χ2v) is 7.10. The molecule has 5 rings (SSSR count). The van der Waals surface area contributed by atoms with Gasteiger partial charge in [-0.3, -0.25) is 0 Å². The molecule has 0 saturated heterocycles. The molecular formula is C25H17Cl. The van der Waals surface area contributed by atoms with Crippen molar-refractivity contribution in [1.29, 1.82) is 0 Å². The van der Waals surface area contributed by atoms with Crippen LogP contribution < -0.4 is 0 Å². The van der Waals surface area contributed by atoms with Crippen LogP contribution in [0.2, 0.25) is 5.02 Å². The van der Waals surface area contributed by atoms with Gasteiger partial charge in [0.15, 0.2) is 0 Å². The van der Waals surface area contributed by atoms with Crippen LogP contribution in [0.15, 0.2) is 103 Å². The molecule has 1 aliphatic rings. The molecule has 1 aliphatic carbocycles. The highest BCUT2D eigenvalue weighted by molar-refractivity contribution is 6.32. The molecule has 1 heteroatoms. The molecule has 0 aromatic heterocycles. The molecule has 124 valence electrons. The second-order valence-electron chi connectivity index (χ2n) is 6.69. The summed E-state index contributed by atoms with van der Waals surface area (Å²) in [5.74, 6) is 0. The standard InChI is InChI=1S/C25H17Cl/c26-23-17-9-15-21-20-14-7-8-16-22(20)25(24(21)23,18-10-3-1-4-11-18)19-12-5-2-6-13-19/h1-17H. The molecular weight excluding hydrogens is 336 g/mol. The summed E-state index contributed by atoms with van der Waals surface area (Å²) < 4.78 is 0. The zero-order valence-corrected chi connectivity index (χ0v) is 14.9. The summed E-state index contributed by atoms with van der Waals surface area (Å²) in [4.78, 5) is 0. The molecule has 0 fully saturated rings. The highest BCUT2D eigenvalue weighted by Gasteiger charge is 2.47. The van der Waals surface area contributed by atoms with E-state index in [9.17, 15) is 0 Å². The Morgan fingerprint density at radius 2 is 1.04 bits per heavy atom. The Balaban J connectivity index is 2.01. The van der Waals surface area contributed by atoms with Gasteiger partial charge < -0.3 is 0 Å². The number of halogens is 1. The molecule has 4 aromatic rings. The van der Waals surface area contributed by atoms with Gasteiger partial charge in [0.25, 0.3) is 0 Å². The van der Waals surface area contributed by atoms with Crippen molar-refractivity contribution in [3.05, 3.63) is 130 Å². The highest BCUT2D eigenvalue weighted by Crippen LogP contribution is 2.57. The minimum absolute atomic E-state index is 0.396. The fraction of sp³-hybridized carbons (Fsp3) is 0.0400. The molecule has 0 radical (unpaired) electrons. The summed E-state index contributed by atoms with van der Waals surface area (Å²) in [6.45, 7) is 0. The minimum Gasteiger partial charge on any atom is -0.0840 e. The van der Waals surface area contributed by atoms with Crippen LogP contribution in [0.1, 0.15) is 22.3 Å². The van der Waals surface area contributed by atoms with E-state index in [2.05, 4.69) is 91.0 Å². The first kappa shape index (κ1) is 15.4. The van der Waals surface area contributed by atoms with E-state index in [0.29, 0.717) is 0 Å². The van der Waals surface area contributed by atoms with Gasteiger partial charge in [0.1, 0.15) is 0 Å². The van der Waals surface area contributed by atoms with Crippen molar-refractivity contribution in [2.75, 3.05) is 0 Å². The van der Waals surface area contributed by atoms with Gasteiger partial charge in [-0.15, -0.1) is 0 Å². The topological polar surface area (TPSA) is 0 Å². The van der Waals surface area contributed by atoms with Crippen LogP contribution in [0.5, 0.6) is 0 Å². The van der Waals surface area contributed by atoms with E-state index < -0.39 is 5.41 Å². The average Bonchev–Trinajstić information content (AvgIpc) is 3.02. The summed E-state index contributed by atoms with van der Waals surface area (Å²) in [7, 11) is 0. The summed E-state index contributed by atoms with van der Waals surface area (Å²) in [6.07, 6.45) is 0. The average molecular weight is 353 g/mol. The van der Waals surface area contributed by atoms with Crippen LogP contribution in [0, 0.1) is 0 Å². The second kappa shape index (κ2) is 5.86. The van der Waals surface area contributed by atoms with Gasteiger partial charge in [0.2, 0.25) is 0 Å². The number of benzene rings is 4. The van der Waals surface area contributed by atoms with Gasteiger partial charge in [-0.05, 0) is 39.4 Å². The molecule has 0 spiro atoms. The van der Waals surface area contributed by atoms with E-state index in [4.69, 9.17) is 11.6 Å². The largest absolute Gasteiger partial charge is 0.0840 e. The summed E-state index contributed by atoms with van der Waals surface area (Å²) in [5, 5.41) is 0.811. The lowest BCUT2D eigenvalue weighted by molar-refractivity contribution is 0.768. The van der Waals surface area contributed by atoms with Crippen LogP contribution >= 0.6 is 11.6 Å². The predicted molar refractivity (Wildman–Crippen MR) is 109 cm³/mol. The first-order valence-corrected chi connectivity index (χ1v) is 9.21. The molecule has 0 amide bonds. The predicted octanol–water partition coefficient (Wildman–Crippen LogP) is 6.70. The zero-order valence-electron chi connectivity index (χ0n) is 14.2.